The number of benzene rings is 1. The minimum absolute atomic E-state index is 0.142. The van der Waals surface area contributed by atoms with Crippen LogP contribution >= 0.6 is 11.6 Å². The second kappa shape index (κ2) is 4.73. The van der Waals surface area contributed by atoms with Crippen molar-refractivity contribution < 1.29 is 13.5 Å². The minimum Gasteiger partial charge on any atom is -0.385 e. The van der Waals surface area contributed by atoms with Crippen LogP contribution in [-0.2, 0) is 9.84 Å². The molecule has 90 valence electrons. The van der Waals surface area contributed by atoms with Crippen LogP contribution in [-0.4, -0.2) is 24.0 Å². The fraction of sp³-hybridized carbons (Fsp3) is 0.455. The van der Waals surface area contributed by atoms with E-state index in [1.165, 1.54) is 0 Å². The smallest absolute Gasteiger partial charge is 0.174 e. The van der Waals surface area contributed by atoms with Crippen molar-refractivity contribution >= 4 is 21.4 Å². The van der Waals surface area contributed by atoms with E-state index in [0.29, 0.717) is 5.56 Å². The number of aliphatic hydroxyl groups is 1. The molecule has 2 atom stereocenters. The molecule has 0 bridgehead atoms. The minimum atomic E-state index is -3.55. The Hall–Kier alpha value is -0.580. The van der Waals surface area contributed by atoms with Crippen LogP contribution < -0.4 is 0 Å². The molecular weight excluding hydrogens is 248 g/mol. The van der Waals surface area contributed by atoms with Gasteiger partial charge >= 0.3 is 0 Å². The summed E-state index contributed by atoms with van der Waals surface area (Å²) in [5, 5.41) is 10.1. The van der Waals surface area contributed by atoms with Gasteiger partial charge in [0, 0.05) is 6.26 Å². The van der Waals surface area contributed by atoms with Crippen molar-refractivity contribution in [3.8, 4) is 0 Å². The second-order valence-corrected chi connectivity index (χ2v) is 6.90. The first-order chi connectivity index (χ1) is 7.33. The van der Waals surface area contributed by atoms with Gasteiger partial charge in [-0.1, -0.05) is 48.9 Å². The highest BCUT2D eigenvalue weighted by atomic mass is 35.5. The number of hydrogen-bond donors (Lipinski definition) is 1. The highest BCUT2D eigenvalue weighted by molar-refractivity contribution is 7.93. The lowest BCUT2D eigenvalue weighted by Gasteiger charge is -2.29. The number of alkyl halides is 1. The summed E-state index contributed by atoms with van der Waals surface area (Å²) in [6.45, 7) is 1.64. The zero-order valence-electron chi connectivity index (χ0n) is 9.22. The van der Waals surface area contributed by atoms with Gasteiger partial charge in [-0.3, -0.25) is 0 Å². The van der Waals surface area contributed by atoms with Gasteiger partial charge in [-0.2, -0.15) is 0 Å². The number of rotatable bonds is 4. The van der Waals surface area contributed by atoms with Crippen LogP contribution in [0.15, 0.2) is 30.3 Å². The molecule has 0 fully saturated rings. The van der Waals surface area contributed by atoms with Crippen LogP contribution in [0.2, 0.25) is 0 Å². The average Bonchev–Trinajstić information content (AvgIpc) is 2.26. The fourth-order valence-electron chi connectivity index (χ4n) is 1.54. The zero-order valence-corrected chi connectivity index (χ0v) is 10.8. The quantitative estimate of drug-likeness (QED) is 0.846. The van der Waals surface area contributed by atoms with Crippen molar-refractivity contribution in [2.24, 2.45) is 0 Å². The molecular formula is C11H15ClO3S. The first-order valence-corrected chi connectivity index (χ1v) is 7.21. The topological polar surface area (TPSA) is 54.4 Å². The fourth-order valence-corrected chi connectivity index (χ4v) is 2.73. The Morgan fingerprint density at radius 2 is 1.88 bits per heavy atom. The van der Waals surface area contributed by atoms with Crippen LogP contribution in [0.5, 0.6) is 0 Å². The van der Waals surface area contributed by atoms with E-state index in [-0.39, 0.29) is 6.42 Å². The van der Waals surface area contributed by atoms with Crippen molar-refractivity contribution in [2.45, 2.75) is 23.7 Å². The summed E-state index contributed by atoms with van der Waals surface area (Å²) in [5.74, 6) is 0. The molecule has 1 rings (SSSR count). The van der Waals surface area contributed by atoms with Gasteiger partial charge in [0.25, 0.3) is 0 Å². The van der Waals surface area contributed by atoms with E-state index in [9.17, 15) is 13.5 Å². The lowest BCUT2D eigenvalue weighted by Crippen LogP contribution is -2.37. The van der Waals surface area contributed by atoms with Gasteiger partial charge in [-0.15, -0.1) is 0 Å². The number of sulfone groups is 1. The molecule has 0 amide bonds. The molecule has 0 saturated heterocycles. The Kier molecular flexibility index (Phi) is 3.99. The molecule has 0 radical (unpaired) electrons. The highest BCUT2D eigenvalue weighted by Crippen LogP contribution is 2.39. The standard InChI is InChI=1S/C11H15ClO3S/c1-3-11(12,16(2,14)15)10(13)9-7-5-4-6-8-9/h4-8,10,13H,3H2,1-2H3. The summed E-state index contributed by atoms with van der Waals surface area (Å²) in [4.78, 5) is 0. The molecule has 0 saturated carbocycles. The van der Waals surface area contributed by atoms with Crippen LogP contribution in [0, 0.1) is 0 Å². The monoisotopic (exact) mass is 262 g/mol. The van der Waals surface area contributed by atoms with Crippen molar-refractivity contribution in [3.63, 3.8) is 0 Å². The van der Waals surface area contributed by atoms with Crippen LogP contribution in [0.4, 0.5) is 0 Å². The Morgan fingerprint density at radius 1 is 1.38 bits per heavy atom. The van der Waals surface area contributed by atoms with E-state index in [1.54, 1.807) is 37.3 Å². The lowest BCUT2D eigenvalue weighted by molar-refractivity contribution is 0.155. The number of aliphatic hydroxyl groups excluding tert-OH is 1. The Labute approximate surface area is 101 Å². The average molecular weight is 263 g/mol. The summed E-state index contributed by atoms with van der Waals surface area (Å²) in [7, 11) is -3.55. The summed E-state index contributed by atoms with van der Waals surface area (Å²) >= 11 is 6.05. The summed E-state index contributed by atoms with van der Waals surface area (Å²) in [6.07, 6.45) is -0.0468. The molecule has 16 heavy (non-hydrogen) atoms. The van der Waals surface area contributed by atoms with E-state index >= 15 is 0 Å². The molecule has 1 aromatic carbocycles. The molecule has 5 heteroatoms. The van der Waals surface area contributed by atoms with Crippen LogP contribution in [0.1, 0.15) is 25.0 Å². The maximum Gasteiger partial charge on any atom is 0.174 e. The van der Waals surface area contributed by atoms with Crippen molar-refractivity contribution in [1.29, 1.82) is 0 Å². The third kappa shape index (κ3) is 2.39. The van der Waals surface area contributed by atoms with Gasteiger partial charge in [0.1, 0.15) is 6.10 Å². The zero-order chi connectivity index (χ0) is 12.4. The third-order valence-corrected chi connectivity index (χ3v) is 5.68. The van der Waals surface area contributed by atoms with Gasteiger partial charge in [-0.05, 0) is 12.0 Å². The molecule has 1 N–H and O–H groups in total. The molecule has 1 aromatic rings. The molecule has 0 spiro atoms. The van der Waals surface area contributed by atoms with Gasteiger partial charge in [-0.25, -0.2) is 8.42 Å². The maximum absolute atomic E-state index is 11.6. The molecule has 0 aliphatic heterocycles. The normalized spacial score (nSPS) is 17.8. The predicted molar refractivity (Wildman–Crippen MR) is 65.1 cm³/mol. The summed E-state index contributed by atoms with van der Waals surface area (Å²) in [5.41, 5.74) is 0.504. The SMILES string of the molecule is CCC(Cl)(C(O)c1ccccc1)S(C)(=O)=O. The maximum atomic E-state index is 11.6. The van der Waals surface area contributed by atoms with Gasteiger partial charge in [0.05, 0.1) is 0 Å². The second-order valence-electron chi connectivity index (χ2n) is 3.73. The van der Waals surface area contributed by atoms with Crippen molar-refractivity contribution in [2.75, 3.05) is 6.26 Å². The molecule has 0 heterocycles. The van der Waals surface area contributed by atoms with Gasteiger partial charge in [0.2, 0.25) is 0 Å². The summed E-state index contributed by atoms with van der Waals surface area (Å²) < 4.78 is 21.6. The third-order valence-electron chi connectivity index (χ3n) is 2.62. The van der Waals surface area contributed by atoms with Crippen LogP contribution in [0.25, 0.3) is 0 Å². The molecule has 2 unspecified atom stereocenters. The van der Waals surface area contributed by atoms with E-state index in [2.05, 4.69) is 0 Å². The number of halogens is 1. The molecule has 0 aliphatic rings. The van der Waals surface area contributed by atoms with E-state index in [4.69, 9.17) is 11.6 Å². The largest absolute Gasteiger partial charge is 0.385 e. The lowest BCUT2D eigenvalue weighted by atomic mass is 10.0. The first kappa shape index (κ1) is 13.5. The summed E-state index contributed by atoms with van der Waals surface area (Å²) in [6, 6.07) is 8.56. The van der Waals surface area contributed by atoms with Crippen LogP contribution in [0.3, 0.4) is 0 Å². The van der Waals surface area contributed by atoms with Gasteiger partial charge < -0.3 is 5.11 Å². The van der Waals surface area contributed by atoms with Gasteiger partial charge in [0.15, 0.2) is 14.0 Å². The molecule has 3 nitrogen and oxygen atoms in total. The van der Waals surface area contributed by atoms with Crippen molar-refractivity contribution in [1.82, 2.24) is 0 Å². The Bertz CT molecular complexity index is 444. The highest BCUT2D eigenvalue weighted by Gasteiger charge is 2.44. The van der Waals surface area contributed by atoms with E-state index in [1.807, 2.05) is 0 Å². The van der Waals surface area contributed by atoms with E-state index in [0.717, 1.165) is 6.26 Å². The Balaban J connectivity index is 3.18. The molecule has 0 aromatic heterocycles. The molecule has 0 aliphatic carbocycles. The number of hydrogen-bond acceptors (Lipinski definition) is 3. The van der Waals surface area contributed by atoms with Crippen molar-refractivity contribution in [3.05, 3.63) is 35.9 Å². The Morgan fingerprint density at radius 3 is 2.25 bits per heavy atom. The van der Waals surface area contributed by atoms with E-state index < -0.39 is 20.1 Å². The predicted octanol–water partition coefficient (Wildman–Crippen LogP) is 2.11. The first-order valence-electron chi connectivity index (χ1n) is 4.94.